The third-order valence-electron chi connectivity index (χ3n) is 6.80. The van der Waals surface area contributed by atoms with Crippen molar-refractivity contribution in [3.8, 4) is 0 Å². The summed E-state index contributed by atoms with van der Waals surface area (Å²) in [5, 5.41) is 7.58. The van der Waals surface area contributed by atoms with E-state index >= 15 is 0 Å². The number of thiazole rings is 1. The molecule has 2 heterocycles. The largest absolute Gasteiger partial charge is 0.466 e. The molecule has 3 aromatic carbocycles. The van der Waals surface area contributed by atoms with Gasteiger partial charge in [0.25, 0.3) is 5.56 Å². The van der Waals surface area contributed by atoms with Crippen molar-refractivity contribution < 1.29 is 17.9 Å². The maximum absolute atomic E-state index is 14.1. The molecule has 198 valence electrons. The smallest absolute Gasteiger partial charge is 0.337 e. The van der Waals surface area contributed by atoms with Crippen LogP contribution in [-0.4, -0.2) is 37.1 Å². The molecule has 1 aliphatic heterocycles. The number of aromatic nitrogens is 1. The highest BCUT2D eigenvalue weighted by Gasteiger charge is 2.48. The second-order valence-electron chi connectivity index (χ2n) is 9.42. The zero-order chi connectivity index (χ0) is 27.9. The topological polar surface area (TPSA) is 106 Å². The molecule has 7 nitrogen and oxygen atoms in total. The average molecular weight is 559 g/mol. The van der Waals surface area contributed by atoms with E-state index in [1.54, 1.807) is 36.4 Å². The molecule has 0 saturated heterocycles. The third-order valence-corrected chi connectivity index (χ3v) is 10.0. The summed E-state index contributed by atoms with van der Waals surface area (Å²) in [5.41, 5.74) is 2.80. The summed E-state index contributed by atoms with van der Waals surface area (Å²) < 4.78 is 34.9. The van der Waals surface area contributed by atoms with Crippen molar-refractivity contribution in [2.75, 3.05) is 7.11 Å². The summed E-state index contributed by atoms with van der Waals surface area (Å²) in [5.74, 6) is -2.23. The van der Waals surface area contributed by atoms with Crippen LogP contribution >= 0.6 is 11.3 Å². The first-order chi connectivity index (χ1) is 18.6. The maximum Gasteiger partial charge on any atom is 0.337 e. The Labute approximate surface area is 229 Å². The van der Waals surface area contributed by atoms with E-state index in [1.165, 1.54) is 19.2 Å². The number of sulfone groups is 1. The molecule has 2 unspecified atom stereocenters. The number of esters is 1. The summed E-state index contributed by atoms with van der Waals surface area (Å²) in [6, 6.07) is 22.5. The molecule has 1 N–H and O–H groups in total. The molecule has 0 saturated carbocycles. The van der Waals surface area contributed by atoms with Gasteiger partial charge in [-0.25, -0.2) is 13.2 Å². The number of hydrogen-bond donors (Lipinski definition) is 1. The van der Waals surface area contributed by atoms with E-state index < -0.39 is 38.4 Å². The molecule has 39 heavy (non-hydrogen) atoms. The van der Waals surface area contributed by atoms with Gasteiger partial charge in [0.2, 0.25) is 0 Å². The highest BCUT2D eigenvalue weighted by molar-refractivity contribution is 7.93. The van der Waals surface area contributed by atoms with Crippen LogP contribution in [-0.2, 0) is 19.4 Å². The van der Waals surface area contributed by atoms with E-state index in [-0.39, 0.29) is 19.7 Å². The lowest BCUT2D eigenvalue weighted by Crippen LogP contribution is -2.53. The number of fused-ring (bicyclic) bond motifs is 1. The van der Waals surface area contributed by atoms with Gasteiger partial charge in [0.15, 0.2) is 9.84 Å². The normalized spacial score (nSPS) is 17.7. The molecule has 0 bridgehead atoms. The summed E-state index contributed by atoms with van der Waals surface area (Å²) in [4.78, 5) is 27.1. The molecule has 1 aliphatic rings. The van der Waals surface area contributed by atoms with Gasteiger partial charge in [0.1, 0.15) is 15.7 Å². The van der Waals surface area contributed by atoms with E-state index in [2.05, 4.69) is 0 Å². The van der Waals surface area contributed by atoms with Crippen LogP contribution in [0.2, 0.25) is 0 Å². The minimum absolute atomic E-state index is 0.000697. The van der Waals surface area contributed by atoms with Crippen LogP contribution in [0, 0.1) is 19.3 Å². The van der Waals surface area contributed by atoms with Crippen molar-refractivity contribution in [2.45, 2.75) is 29.9 Å². The summed E-state index contributed by atoms with van der Waals surface area (Å²) >= 11 is 1.05. The third kappa shape index (κ3) is 4.68. The lowest BCUT2D eigenvalue weighted by atomic mass is 9.85. The number of benzene rings is 3. The Bertz CT molecular complexity index is 1870. The Kier molecular flexibility index (Phi) is 6.96. The number of nitrogens with zero attached hydrogens (tertiary/aromatic N) is 1. The van der Waals surface area contributed by atoms with E-state index in [1.807, 2.05) is 50.2 Å². The Morgan fingerprint density at radius 2 is 1.54 bits per heavy atom. The number of rotatable bonds is 5. The first-order valence-corrected chi connectivity index (χ1v) is 14.6. The van der Waals surface area contributed by atoms with Crippen LogP contribution in [0.15, 0.2) is 88.6 Å². The predicted molar refractivity (Wildman–Crippen MR) is 152 cm³/mol. The molecular weight excluding hydrogens is 532 g/mol. The SMILES string of the molecule is COC(=O)C1=c2sc(=Cc3ccc(C)cc3)c(=O)n2C(=N)C(S(=O)(=O)c2ccccc2)C1c1ccc(C)cc1. The van der Waals surface area contributed by atoms with Crippen LogP contribution < -0.4 is 14.8 Å². The Morgan fingerprint density at radius 3 is 2.13 bits per heavy atom. The minimum Gasteiger partial charge on any atom is -0.466 e. The average Bonchev–Trinajstić information content (AvgIpc) is 3.25. The fraction of sp³-hybridized carbons (Fsp3) is 0.167. The number of methoxy groups -OCH3 is 1. The second-order valence-corrected chi connectivity index (χ2v) is 12.5. The zero-order valence-electron chi connectivity index (χ0n) is 21.5. The second kappa shape index (κ2) is 10.2. The highest BCUT2D eigenvalue weighted by Crippen LogP contribution is 2.38. The van der Waals surface area contributed by atoms with Gasteiger partial charge in [-0.1, -0.05) is 77.9 Å². The number of carbonyl (C=O) groups is 1. The van der Waals surface area contributed by atoms with Gasteiger partial charge < -0.3 is 4.74 Å². The highest BCUT2D eigenvalue weighted by atomic mass is 32.2. The minimum atomic E-state index is -4.23. The summed E-state index contributed by atoms with van der Waals surface area (Å²) in [6.07, 6.45) is 1.68. The van der Waals surface area contributed by atoms with Crippen molar-refractivity contribution in [3.05, 3.63) is 121 Å². The Morgan fingerprint density at radius 1 is 0.949 bits per heavy atom. The fourth-order valence-electron chi connectivity index (χ4n) is 4.79. The summed E-state index contributed by atoms with van der Waals surface area (Å²) in [7, 11) is -3.01. The monoisotopic (exact) mass is 558 g/mol. The number of aryl methyl sites for hydroxylation is 2. The Balaban J connectivity index is 1.87. The first-order valence-electron chi connectivity index (χ1n) is 12.2. The molecule has 0 aliphatic carbocycles. The molecular formula is C30H26N2O5S2. The van der Waals surface area contributed by atoms with E-state index in [4.69, 9.17) is 10.1 Å². The van der Waals surface area contributed by atoms with Gasteiger partial charge in [-0.3, -0.25) is 14.8 Å². The maximum atomic E-state index is 14.1. The first kappa shape index (κ1) is 26.5. The van der Waals surface area contributed by atoms with Gasteiger partial charge in [0.05, 0.1) is 22.1 Å². The van der Waals surface area contributed by atoms with E-state index in [0.717, 1.165) is 32.6 Å². The van der Waals surface area contributed by atoms with Gasteiger partial charge in [-0.2, -0.15) is 0 Å². The fourth-order valence-corrected chi connectivity index (χ4v) is 7.84. The summed E-state index contributed by atoms with van der Waals surface area (Å²) in [6.45, 7) is 3.86. The molecule has 1 aromatic heterocycles. The van der Waals surface area contributed by atoms with Crippen LogP contribution in [0.5, 0.6) is 0 Å². The standard InChI is InChI=1S/C30H26N2O5S2/c1-18-9-13-20(14-10-18)17-23-28(33)32-27(31)26(39(35,36)22-7-5-4-6-8-22)24(21-15-11-19(2)12-16-21)25(29(32)38-23)30(34)37-3/h4-17,24,26,31H,1-3H3. The quantitative estimate of drug-likeness (QED) is 0.379. The molecule has 2 atom stereocenters. The Hall–Kier alpha value is -4.08. The van der Waals surface area contributed by atoms with E-state index in [9.17, 15) is 18.0 Å². The molecule has 0 amide bonds. The molecule has 9 heteroatoms. The number of hydrogen-bond acceptors (Lipinski definition) is 7. The number of carbonyl (C=O) groups excluding carboxylic acids is 1. The lowest BCUT2D eigenvalue weighted by molar-refractivity contribution is -0.134. The van der Waals surface area contributed by atoms with Gasteiger partial charge in [-0.15, -0.1) is 11.3 Å². The van der Waals surface area contributed by atoms with Gasteiger partial charge in [-0.05, 0) is 43.2 Å². The van der Waals surface area contributed by atoms with Crippen molar-refractivity contribution in [2.24, 2.45) is 0 Å². The molecule has 0 radical (unpaired) electrons. The molecule has 4 aromatic rings. The zero-order valence-corrected chi connectivity index (χ0v) is 23.2. The van der Waals surface area contributed by atoms with Crippen molar-refractivity contribution in [3.63, 3.8) is 0 Å². The van der Waals surface area contributed by atoms with Crippen LogP contribution in [0.4, 0.5) is 0 Å². The van der Waals surface area contributed by atoms with Crippen molar-refractivity contribution in [1.82, 2.24) is 4.57 Å². The van der Waals surface area contributed by atoms with Crippen molar-refractivity contribution >= 4 is 44.6 Å². The predicted octanol–water partition coefficient (Wildman–Crippen LogP) is 3.14. The molecule has 0 spiro atoms. The van der Waals surface area contributed by atoms with E-state index in [0.29, 0.717) is 5.56 Å². The molecule has 5 rings (SSSR count). The van der Waals surface area contributed by atoms with Crippen LogP contribution in [0.25, 0.3) is 11.6 Å². The van der Waals surface area contributed by atoms with Crippen LogP contribution in [0.1, 0.15) is 28.2 Å². The lowest BCUT2D eigenvalue weighted by Gasteiger charge is -2.32. The number of ether oxygens (including phenoxy) is 1. The van der Waals surface area contributed by atoms with Gasteiger partial charge >= 0.3 is 5.97 Å². The molecule has 0 fully saturated rings. The van der Waals surface area contributed by atoms with Gasteiger partial charge in [0, 0.05) is 5.92 Å². The van der Waals surface area contributed by atoms with Crippen molar-refractivity contribution in [1.29, 1.82) is 5.41 Å². The van der Waals surface area contributed by atoms with Crippen LogP contribution in [0.3, 0.4) is 0 Å². The number of nitrogens with one attached hydrogen (secondary N) is 1.